The average molecular weight is 686 g/mol. The van der Waals surface area contributed by atoms with Crippen LogP contribution < -0.4 is 4.90 Å². The van der Waals surface area contributed by atoms with E-state index < -0.39 is 0 Å². The minimum Gasteiger partial charge on any atom is -0.310 e. The Morgan fingerprint density at radius 2 is 0.627 bits per heavy atom. The predicted octanol–water partition coefficient (Wildman–Crippen LogP) is 14.9. The first kappa shape index (κ1) is 29.9. The van der Waals surface area contributed by atoms with Crippen LogP contribution in [0.5, 0.6) is 0 Å². The summed E-state index contributed by atoms with van der Waals surface area (Å²) in [5.41, 5.74) is 10.8. The molecule has 0 aliphatic heterocycles. The van der Waals surface area contributed by atoms with Gasteiger partial charge in [0.25, 0.3) is 0 Å². The van der Waals surface area contributed by atoms with Gasteiger partial charge in [-0.05, 0) is 88.0 Å². The van der Waals surface area contributed by atoms with Gasteiger partial charge >= 0.3 is 0 Å². The molecule has 10 aromatic rings. The van der Waals surface area contributed by atoms with E-state index >= 15 is 0 Å². The number of anilines is 3. The van der Waals surface area contributed by atoms with E-state index in [4.69, 9.17) is 0 Å². The molecule has 0 amide bonds. The summed E-state index contributed by atoms with van der Waals surface area (Å²) in [6.07, 6.45) is 0. The molecular formula is C48H31NS2. The normalized spacial score (nSPS) is 11.5. The number of thiophene rings is 2. The number of hydrogen-bond donors (Lipinski definition) is 0. The molecule has 0 atom stereocenters. The third-order valence-electron chi connectivity index (χ3n) is 9.89. The molecule has 0 N–H and O–H groups in total. The van der Waals surface area contributed by atoms with Crippen LogP contribution in [0.15, 0.2) is 188 Å². The van der Waals surface area contributed by atoms with Crippen molar-refractivity contribution >= 4 is 80.1 Å². The zero-order valence-electron chi connectivity index (χ0n) is 27.7. The maximum Gasteiger partial charge on any atom is 0.0476 e. The standard InChI is InChI=1S/C48H31NS2/c1-3-9-32(10-4-1)34-15-21-38(22-16-34)49(39-23-17-35(18-24-39)37-20-26-42-41-13-7-8-14-45(41)50-46(42)30-37)40-25-28-44-43-27-19-36(33-11-5-2-6-12-33)29-47(43)51-48(44)31-40/h1-31H. The minimum absolute atomic E-state index is 1.13. The SMILES string of the molecule is c1ccc(-c2ccc(N(c3ccc(-c4ccc5c(c4)sc4ccccc45)cc3)c3ccc4c(c3)sc3cc(-c5ccccc5)ccc34)cc2)cc1. The lowest BCUT2D eigenvalue weighted by Crippen LogP contribution is -2.09. The van der Waals surface area contributed by atoms with E-state index in [-0.39, 0.29) is 0 Å². The zero-order valence-corrected chi connectivity index (χ0v) is 29.3. The molecule has 10 rings (SSSR count). The Labute approximate surface area is 304 Å². The summed E-state index contributed by atoms with van der Waals surface area (Å²) in [6.45, 7) is 0. The summed E-state index contributed by atoms with van der Waals surface area (Å²) in [5.74, 6) is 0. The van der Waals surface area contributed by atoms with Gasteiger partial charge in [0.15, 0.2) is 0 Å². The van der Waals surface area contributed by atoms with Gasteiger partial charge in [0.1, 0.15) is 0 Å². The lowest BCUT2D eigenvalue weighted by atomic mass is 10.0. The Balaban J connectivity index is 1.06. The highest BCUT2D eigenvalue weighted by Crippen LogP contribution is 2.43. The van der Waals surface area contributed by atoms with E-state index in [1.54, 1.807) is 0 Å². The van der Waals surface area contributed by atoms with Crippen molar-refractivity contribution in [2.24, 2.45) is 0 Å². The minimum atomic E-state index is 1.13. The first-order valence-electron chi connectivity index (χ1n) is 17.2. The second kappa shape index (κ2) is 12.4. The molecule has 2 aromatic heterocycles. The van der Waals surface area contributed by atoms with Crippen molar-refractivity contribution in [3.8, 4) is 33.4 Å². The molecule has 240 valence electrons. The van der Waals surface area contributed by atoms with Gasteiger partial charge in [-0.1, -0.05) is 133 Å². The highest BCUT2D eigenvalue weighted by molar-refractivity contribution is 7.26. The quantitative estimate of drug-likeness (QED) is 0.168. The molecule has 0 radical (unpaired) electrons. The van der Waals surface area contributed by atoms with Gasteiger partial charge in [0.2, 0.25) is 0 Å². The lowest BCUT2D eigenvalue weighted by Gasteiger charge is -2.26. The van der Waals surface area contributed by atoms with E-state index in [0.717, 1.165) is 17.1 Å². The summed E-state index contributed by atoms with van der Waals surface area (Å²) in [4.78, 5) is 2.38. The van der Waals surface area contributed by atoms with Crippen molar-refractivity contribution in [3.05, 3.63) is 188 Å². The fraction of sp³-hybridized carbons (Fsp3) is 0. The van der Waals surface area contributed by atoms with E-state index in [9.17, 15) is 0 Å². The Bertz CT molecular complexity index is 2830. The van der Waals surface area contributed by atoms with Crippen molar-refractivity contribution in [2.45, 2.75) is 0 Å². The van der Waals surface area contributed by atoms with Gasteiger partial charge in [0.05, 0.1) is 0 Å². The molecule has 0 saturated carbocycles. The molecule has 1 nitrogen and oxygen atoms in total. The first-order valence-corrected chi connectivity index (χ1v) is 18.9. The number of rotatable bonds is 6. The topological polar surface area (TPSA) is 3.24 Å². The molecule has 0 fully saturated rings. The third-order valence-corrected chi connectivity index (χ3v) is 12.1. The summed E-state index contributed by atoms with van der Waals surface area (Å²) in [6, 6.07) is 68.6. The van der Waals surface area contributed by atoms with Crippen LogP contribution in [0.25, 0.3) is 73.7 Å². The fourth-order valence-corrected chi connectivity index (χ4v) is 9.63. The first-order chi connectivity index (χ1) is 25.2. The van der Waals surface area contributed by atoms with Crippen LogP contribution in [0.3, 0.4) is 0 Å². The molecule has 0 spiro atoms. The van der Waals surface area contributed by atoms with Crippen molar-refractivity contribution < 1.29 is 0 Å². The number of nitrogens with zero attached hydrogens (tertiary/aromatic N) is 1. The number of benzene rings is 8. The molecule has 0 unspecified atom stereocenters. The Morgan fingerprint density at radius 1 is 0.255 bits per heavy atom. The van der Waals surface area contributed by atoms with Crippen LogP contribution in [0.4, 0.5) is 17.1 Å². The maximum absolute atomic E-state index is 2.38. The Morgan fingerprint density at radius 3 is 1.22 bits per heavy atom. The molecule has 0 aliphatic carbocycles. The van der Waals surface area contributed by atoms with Crippen molar-refractivity contribution in [1.82, 2.24) is 0 Å². The molecule has 0 aliphatic rings. The fourth-order valence-electron chi connectivity index (χ4n) is 7.30. The lowest BCUT2D eigenvalue weighted by molar-refractivity contribution is 1.29. The molecular weight excluding hydrogens is 655 g/mol. The van der Waals surface area contributed by atoms with E-state index in [0.29, 0.717) is 0 Å². The maximum atomic E-state index is 2.38. The van der Waals surface area contributed by atoms with Gasteiger partial charge in [-0.2, -0.15) is 0 Å². The highest BCUT2D eigenvalue weighted by atomic mass is 32.1. The molecule has 51 heavy (non-hydrogen) atoms. The second-order valence-corrected chi connectivity index (χ2v) is 15.1. The monoisotopic (exact) mass is 685 g/mol. The van der Waals surface area contributed by atoms with E-state index in [1.807, 2.05) is 22.7 Å². The average Bonchev–Trinajstić information content (AvgIpc) is 3.76. The molecule has 8 aromatic carbocycles. The van der Waals surface area contributed by atoms with Crippen LogP contribution >= 0.6 is 22.7 Å². The van der Waals surface area contributed by atoms with Crippen molar-refractivity contribution in [2.75, 3.05) is 4.90 Å². The summed E-state index contributed by atoms with van der Waals surface area (Å²) in [7, 11) is 0. The largest absolute Gasteiger partial charge is 0.310 e. The number of fused-ring (bicyclic) bond motifs is 6. The van der Waals surface area contributed by atoms with Crippen LogP contribution in [-0.2, 0) is 0 Å². The number of hydrogen-bond acceptors (Lipinski definition) is 3. The van der Waals surface area contributed by atoms with Crippen molar-refractivity contribution in [3.63, 3.8) is 0 Å². The predicted molar refractivity (Wildman–Crippen MR) is 223 cm³/mol. The molecule has 0 saturated heterocycles. The summed E-state index contributed by atoms with van der Waals surface area (Å²) >= 11 is 3.74. The smallest absolute Gasteiger partial charge is 0.0476 e. The molecule has 0 bridgehead atoms. The van der Waals surface area contributed by atoms with Crippen LogP contribution in [0, 0.1) is 0 Å². The third kappa shape index (κ3) is 5.39. The van der Waals surface area contributed by atoms with Gasteiger partial charge < -0.3 is 4.90 Å². The van der Waals surface area contributed by atoms with Crippen LogP contribution in [0.2, 0.25) is 0 Å². The summed E-state index contributed by atoms with van der Waals surface area (Å²) < 4.78 is 5.25. The molecule has 2 heterocycles. The van der Waals surface area contributed by atoms with Gasteiger partial charge in [-0.25, -0.2) is 0 Å². The van der Waals surface area contributed by atoms with E-state index in [1.165, 1.54) is 73.7 Å². The highest BCUT2D eigenvalue weighted by Gasteiger charge is 2.16. The van der Waals surface area contributed by atoms with E-state index in [2.05, 4.69) is 193 Å². The Kier molecular flexibility index (Phi) is 7.26. The van der Waals surface area contributed by atoms with Crippen LogP contribution in [-0.4, -0.2) is 0 Å². The van der Waals surface area contributed by atoms with Gasteiger partial charge in [-0.15, -0.1) is 22.7 Å². The van der Waals surface area contributed by atoms with Crippen molar-refractivity contribution in [1.29, 1.82) is 0 Å². The molecule has 3 heteroatoms. The Hall–Kier alpha value is -6.00. The second-order valence-electron chi connectivity index (χ2n) is 13.0. The summed E-state index contributed by atoms with van der Waals surface area (Å²) in [5, 5.41) is 5.26. The van der Waals surface area contributed by atoms with Gasteiger partial charge in [-0.3, -0.25) is 0 Å². The van der Waals surface area contributed by atoms with Crippen LogP contribution in [0.1, 0.15) is 0 Å². The zero-order chi connectivity index (χ0) is 33.7. The van der Waals surface area contributed by atoms with Gasteiger partial charge in [0, 0.05) is 57.4 Å².